The second-order valence-corrected chi connectivity index (χ2v) is 4.63. The fourth-order valence-corrected chi connectivity index (χ4v) is 2.07. The Morgan fingerprint density at radius 2 is 2.29 bits per heavy atom. The highest BCUT2D eigenvalue weighted by molar-refractivity contribution is 5.41. The molecule has 4 heteroatoms. The minimum Gasteiger partial charge on any atom is -0.508 e. The first-order valence-corrected chi connectivity index (χ1v) is 6.00. The fourth-order valence-electron chi connectivity index (χ4n) is 2.07. The van der Waals surface area contributed by atoms with E-state index in [4.69, 9.17) is 9.84 Å². The number of fused-ring (bicyclic) bond motifs is 1. The molecule has 0 saturated carbocycles. The molecule has 2 rings (SSSR count). The third-order valence-corrected chi connectivity index (χ3v) is 3.09. The molecule has 1 atom stereocenters. The third-order valence-electron chi connectivity index (χ3n) is 3.09. The molecule has 4 nitrogen and oxygen atoms in total. The maximum atomic E-state index is 9.44. The molecule has 1 aliphatic rings. The van der Waals surface area contributed by atoms with Gasteiger partial charge in [0, 0.05) is 25.6 Å². The van der Waals surface area contributed by atoms with Crippen molar-refractivity contribution in [3.05, 3.63) is 23.8 Å². The molecule has 17 heavy (non-hydrogen) atoms. The monoisotopic (exact) mass is 237 g/mol. The summed E-state index contributed by atoms with van der Waals surface area (Å²) in [6.45, 7) is 2.90. The highest BCUT2D eigenvalue weighted by Gasteiger charge is 2.30. The number of aliphatic hydroxyl groups is 1. The summed E-state index contributed by atoms with van der Waals surface area (Å²) in [5.74, 6) is 0.971. The Kier molecular flexibility index (Phi) is 3.54. The summed E-state index contributed by atoms with van der Waals surface area (Å²) in [6, 6.07) is 5.24. The normalized spacial score (nSPS) is 22.9. The predicted molar refractivity (Wildman–Crippen MR) is 65.2 cm³/mol. The van der Waals surface area contributed by atoms with Gasteiger partial charge >= 0.3 is 0 Å². The van der Waals surface area contributed by atoms with Crippen molar-refractivity contribution in [1.82, 2.24) is 5.32 Å². The molecule has 0 aromatic heterocycles. The van der Waals surface area contributed by atoms with Crippen molar-refractivity contribution in [2.75, 3.05) is 13.2 Å². The molecule has 0 saturated heterocycles. The highest BCUT2D eigenvalue weighted by Crippen LogP contribution is 2.34. The molecular formula is C13H19NO3. The summed E-state index contributed by atoms with van der Waals surface area (Å²) >= 11 is 0. The number of ether oxygens (including phenoxy) is 1. The van der Waals surface area contributed by atoms with Gasteiger partial charge in [0.05, 0.1) is 0 Å². The standard InChI is InChI=1S/C13H19NO3/c1-13(14-7-2-8-15)6-5-10-3-4-11(16)9-12(10)17-13/h3-4,9,14-16H,2,5-8H2,1H3. The van der Waals surface area contributed by atoms with Crippen LogP contribution in [0.5, 0.6) is 11.5 Å². The van der Waals surface area contributed by atoms with E-state index in [9.17, 15) is 5.11 Å². The van der Waals surface area contributed by atoms with Crippen LogP contribution in [0.4, 0.5) is 0 Å². The van der Waals surface area contributed by atoms with Crippen molar-refractivity contribution in [2.24, 2.45) is 0 Å². The fraction of sp³-hybridized carbons (Fsp3) is 0.538. The average molecular weight is 237 g/mol. The van der Waals surface area contributed by atoms with Gasteiger partial charge in [0.2, 0.25) is 0 Å². The van der Waals surface area contributed by atoms with Crippen LogP contribution in [0.15, 0.2) is 18.2 Å². The van der Waals surface area contributed by atoms with Crippen molar-refractivity contribution in [3.63, 3.8) is 0 Å². The van der Waals surface area contributed by atoms with E-state index in [1.165, 1.54) is 0 Å². The molecular weight excluding hydrogens is 218 g/mol. The largest absolute Gasteiger partial charge is 0.508 e. The lowest BCUT2D eigenvalue weighted by atomic mass is 9.98. The van der Waals surface area contributed by atoms with Crippen molar-refractivity contribution in [3.8, 4) is 11.5 Å². The van der Waals surface area contributed by atoms with E-state index in [1.807, 2.05) is 13.0 Å². The SMILES string of the molecule is CC1(NCCCO)CCc2ccc(O)cc2O1. The number of aliphatic hydroxyl groups excluding tert-OH is 1. The molecule has 1 unspecified atom stereocenters. The molecule has 1 aromatic rings. The van der Waals surface area contributed by atoms with Crippen LogP contribution in [-0.2, 0) is 6.42 Å². The molecule has 94 valence electrons. The summed E-state index contributed by atoms with van der Waals surface area (Å²) in [6.07, 6.45) is 2.53. The molecule has 0 amide bonds. The molecule has 1 heterocycles. The molecule has 0 radical (unpaired) electrons. The van der Waals surface area contributed by atoms with E-state index >= 15 is 0 Å². The van der Waals surface area contributed by atoms with Gasteiger partial charge in [0.1, 0.15) is 11.5 Å². The van der Waals surface area contributed by atoms with Gasteiger partial charge in [-0.05, 0) is 31.4 Å². The maximum absolute atomic E-state index is 9.44. The van der Waals surface area contributed by atoms with E-state index in [2.05, 4.69) is 5.32 Å². The number of nitrogens with one attached hydrogen (secondary N) is 1. The van der Waals surface area contributed by atoms with E-state index < -0.39 is 5.72 Å². The molecule has 1 aromatic carbocycles. The smallest absolute Gasteiger partial charge is 0.158 e. The first-order chi connectivity index (χ1) is 8.13. The second kappa shape index (κ2) is 4.94. The summed E-state index contributed by atoms with van der Waals surface area (Å²) in [5.41, 5.74) is 0.722. The highest BCUT2D eigenvalue weighted by atomic mass is 16.5. The van der Waals surface area contributed by atoms with Crippen molar-refractivity contribution in [1.29, 1.82) is 0 Å². The summed E-state index contributed by atoms with van der Waals surface area (Å²) in [4.78, 5) is 0. The van der Waals surface area contributed by atoms with Crippen LogP contribution in [0.1, 0.15) is 25.3 Å². The molecule has 0 bridgehead atoms. The number of rotatable bonds is 4. The van der Waals surface area contributed by atoms with Crippen LogP contribution in [0, 0.1) is 0 Å². The number of phenols is 1. The molecule has 1 aliphatic heterocycles. The number of aromatic hydroxyl groups is 1. The predicted octanol–water partition coefficient (Wildman–Crippen LogP) is 1.41. The van der Waals surface area contributed by atoms with E-state index in [0.29, 0.717) is 6.42 Å². The number of hydrogen-bond donors (Lipinski definition) is 3. The second-order valence-electron chi connectivity index (χ2n) is 4.63. The van der Waals surface area contributed by atoms with Gasteiger partial charge in [-0.15, -0.1) is 0 Å². The summed E-state index contributed by atoms with van der Waals surface area (Å²) in [5, 5.41) is 21.5. The quantitative estimate of drug-likeness (QED) is 0.693. The Bertz CT molecular complexity index is 394. The van der Waals surface area contributed by atoms with Crippen molar-refractivity contribution in [2.45, 2.75) is 31.9 Å². The lowest BCUT2D eigenvalue weighted by molar-refractivity contribution is 0.0291. The first-order valence-electron chi connectivity index (χ1n) is 6.00. The van der Waals surface area contributed by atoms with Crippen LogP contribution in [-0.4, -0.2) is 29.1 Å². The van der Waals surface area contributed by atoms with Crippen LogP contribution >= 0.6 is 0 Å². The van der Waals surface area contributed by atoms with Crippen molar-refractivity contribution < 1.29 is 14.9 Å². The first kappa shape index (κ1) is 12.2. The average Bonchev–Trinajstić information content (AvgIpc) is 2.28. The molecule has 0 aliphatic carbocycles. The topological polar surface area (TPSA) is 61.7 Å². The number of phenolic OH excluding ortho intramolecular Hbond substituents is 1. The van der Waals surface area contributed by atoms with Crippen LogP contribution in [0.2, 0.25) is 0 Å². The van der Waals surface area contributed by atoms with Gasteiger partial charge in [-0.1, -0.05) is 6.07 Å². The van der Waals surface area contributed by atoms with E-state index in [0.717, 1.165) is 30.7 Å². The minimum atomic E-state index is -0.407. The Morgan fingerprint density at radius 3 is 3.06 bits per heavy atom. The number of hydrogen-bond acceptors (Lipinski definition) is 4. The lowest BCUT2D eigenvalue weighted by Gasteiger charge is -2.36. The van der Waals surface area contributed by atoms with E-state index in [1.54, 1.807) is 12.1 Å². The third kappa shape index (κ3) is 2.90. The Labute approximate surface area is 101 Å². The van der Waals surface area contributed by atoms with Gasteiger partial charge in [-0.2, -0.15) is 0 Å². The van der Waals surface area contributed by atoms with Gasteiger partial charge in [-0.25, -0.2) is 0 Å². The summed E-state index contributed by atoms with van der Waals surface area (Å²) < 4.78 is 5.89. The van der Waals surface area contributed by atoms with Crippen LogP contribution in [0.25, 0.3) is 0 Å². The number of aryl methyl sites for hydroxylation is 1. The number of benzene rings is 1. The Morgan fingerprint density at radius 1 is 1.47 bits per heavy atom. The van der Waals surface area contributed by atoms with Crippen LogP contribution < -0.4 is 10.1 Å². The minimum absolute atomic E-state index is 0.181. The lowest BCUT2D eigenvalue weighted by Crippen LogP contribution is -2.50. The molecule has 0 spiro atoms. The van der Waals surface area contributed by atoms with Gasteiger partial charge < -0.3 is 14.9 Å². The maximum Gasteiger partial charge on any atom is 0.158 e. The van der Waals surface area contributed by atoms with Gasteiger partial charge in [0.25, 0.3) is 0 Å². The van der Waals surface area contributed by atoms with Gasteiger partial charge in [0.15, 0.2) is 5.72 Å². The van der Waals surface area contributed by atoms with Crippen LogP contribution in [0.3, 0.4) is 0 Å². The zero-order valence-electron chi connectivity index (χ0n) is 10.1. The van der Waals surface area contributed by atoms with E-state index in [-0.39, 0.29) is 12.4 Å². The summed E-state index contributed by atoms with van der Waals surface area (Å²) in [7, 11) is 0. The zero-order valence-corrected chi connectivity index (χ0v) is 10.1. The van der Waals surface area contributed by atoms with Crippen molar-refractivity contribution >= 4 is 0 Å². The zero-order chi connectivity index (χ0) is 12.3. The molecule has 3 N–H and O–H groups in total. The Balaban J connectivity index is 2.06. The van der Waals surface area contributed by atoms with Gasteiger partial charge in [-0.3, -0.25) is 5.32 Å². The Hall–Kier alpha value is -1.26. The molecule has 0 fully saturated rings.